The van der Waals surface area contributed by atoms with Crippen molar-refractivity contribution in [3.8, 4) is 0 Å². The molecule has 4 rings (SSSR count). The predicted molar refractivity (Wildman–Crippen MR) is 82.1 cm³/mol. The Balaban J connectivity index is 1.65. The maximum absolute atomic E-state index is 4.71. The number of rotatable bonds is 3. The van der Waals surface area contributed by atoms with E-state index in [9.17, 15) is 0 Å². The average Bonchev–Trinajstić information content (AvgIpc) is 3.11. The van der Waals surface area contributed by atoms with Crippen molar-refractivity contribution in [2.45, 2.75) is 33.4 Å². The number of anilines is 1. The quantitative estimate of drug-likeness (QED) is 0.794. The number of aromatic nitrogens is 6. The van der Waals surface area contributed by atoms with Gasteiger partial charge >= 0.3 is 0 Å². The number of aromatic amines is 1. The number of hydrogen-bond donors (Lipinski definition) is 1. The highest BCUT2D eigenvalue weighted by Crippen LogP contribution is 2.28. The third kappa shape index (κ3) is 2.18. The highest BCUT2D eigenvalue weighted by atomic mass is 15.2. The van der Waals surface area contributed by atoms with E-state index in [1.165, 1.54) is 5.56 Å². The van der Waals surface area contributed by atoms with Crippen LogP contribution in [0.2, 0.25) is 0 Å². The fourth-order valence-corrected chi connectivity index (χ4v) is 2.80. The van der Waals surface area contributed by atoms with E-state index in [0.717, 1.165) is 42.4 Å². The zero-order valence-corrected chi connectivity index (χ0v) is 12.6. The molecule has 0 saturated carbocycles. The van der Waals surface area contributed by atoms with E-state index >= 15 is 0 Å². The van der Waals surface area contributed by atoms with Crippen LogP contribution in [0.5, 0.6) is 0 Å². The molecule has 4 heterocycles. The monoisotopic (exact) mass is 295 g/mol. The van der Waals surface area contributed by atoms with Crippen molar-refractivity contribution < 1.29 is 0 Å². The Kier molecular flexibility index (Phi) is 2.99. The Morgan fingerprint density at radius 1 is 1.18 bits per heavy atom. The number of nitrogens with one attached hydrogen (secondary N) is 1. The van der Waals surface area contributed by atoms with Crippen LogP contribution >= 0.6 is 0 Å². The molecule has 0 amide bonds. The first-order valence-electron chi connectivity index (χ1n) is 7.43. The van der Waals surface area contributed by atoms with Crippen LogP contribution in [0, 0.1) is 5.92 Å². The van der Waals surface area contributed by atoms with E-state index in [2.05, 4.69) is 43.7 Å². The van der Waals surface area contributed by atoms with Crippen LogP contribution in [0.4, 0.5) is 5.82 Å². The molecule has 3 aromatic rings. The Hall–Kier alpha value is -2.57. The zero-order valence-electron chi connectivity index (χ0n) is 12.6. The minimum Gasteiger partial charge on any atom is -0.344 e. The second-order valence-electron chi connectivity index (χ2n) is 6.01. The van der Waals surface area contributed by atoms with Gasteiger partial charge in [-0.2, -0.15) is 0 Å². The van der Waals surface area contributed by atoms with E-state index in [0.29, 0.717) is 11.6 Å². The first-order valence-corrected chi connectivity index (χ1v) is 7.43. The Morgan fingerprint density at radius 2 is 2.09 bits per heavy atom. The molecule has 3 aromatic heterocycles. The Bertz CT molecular complexity index is 824. The summed E-state index contributed by atoms with van der Waals surface area (Å²) in [6.07, 6.45) is 6.06. The SMILES string of the molecule is CC(C)Cc1ncc2c(n1)CN(c1ncnc3nc[nH]c13)C2. The van der Waals surface area contributed by atoms with Crippen LogP contribution in [-0.2, 0) is 19.5 Å². The number of fused-ring (bicyclic) bond motifs is 2. The number of hydrogen-bond acceptors (Lipinski definition) is 6. The number of imidazole rings is 1. The lowest BCUT2D eigenvalue weighted by molar-refractivity contribution is 0.617. The van der Waals surface area contributed by atoms with Gasteiger partial charge in [-0.1, -0.05) is 13.8 Å². The minimum atomic E-state index is 0.557. The van der Waals surface area contributed by atoms with Gasteiger partial charge in [0.15, 0.2) is 11.5 Å². The summed E-state index contributed by atoms with van der Waals surface area (Å²) in [5.41, 5.74) is 3.81. The molecule has 0 aromatic carbocycles. The van der Waals surface area contributed by atoms with Crippen molar-refractivity contribution in [1.82, 2.24) is 29.9 Å². The average molecular weight is 295 g/mol. The largest absolute Gasteiger partial charge is 0.344 e. The van der Waals surface area contributed by atoms with Crippen LogP contribution < -0.4 is 4.90 Å². The van der Waals surface area contributed by atoms with Crippen molar-refractivity contribution >= 4 is 17.0 Å². The molecule has 0 atom stereocenters. The Morgan fingerprint density at radius 3 is 2.95 bits per heavy atom. The first-order chi connectivity index (χ1) is 10.7. The van der Waals surface area contributed by atoms with Crippen LogP contribution in [0.3, 0.4) is 0 Å². The van der Waals surface area contributed by atoms with Gasteiger partial charge in [0.25, 0.3) is 0 Å². The topological polar surface area (TPSA) is 83.5 Å². The zero-order chi connectivity index (χ0) is 15.1. The molecule has 7 nitrogen and oxygen atoms in total. The molecule has 0 bridgehead atoms. The highest BCUT2D eigenvalue weighted by Gasteiger charge is 2.24. The number of nitrogens with zero attached hydrogens (tertiary/aromatic N) is 6. The fraction of sp³-hybridized carbons (Fsp3) is 0.400. The summed E-state index contributed by atoms with van der Waals surface area (Å²) in [5, 5.41) is 0. The van der Waals surface area contributed by atoms with Crippen LogP contribution in [0.1, 0.15) is 30.9 Å². The van der Waals surface area contributed by atoms with Crippen LogP contribution in [0.25, 0.3) is 11.2 Å². The summed E-state index contributed by atoms with van der Waals surface area (Å²) in [6.45, 7) is 5.87. The molecule has 0 spiro atoms. The molecule has 0 fully saturated rings. The van der Waals surface area contributed by atoms with Crippen molar-refractivity contribution in [3.63, 3.8) is 0 Å². The van der Waals surface area contributed by atoms with Gasteiger partial charge in [0.1, 0.15) is 17.7 Å². The second-order valence-corrected chi connectivity index (χ2v) is 6.01. The lowest BCUT2D eigenvalue weighted by Gasteiger charge is -2.15. The molecule has 0 radical (unpaired) electrons. The summed E-state index contributed by atoms with van der Waals surface area (Å²) in [6, 6.07) is 0. The van der Waals surface area contributed by atoms with E-state index < -0.39 is 0 Å². The van der Waals surface area contributed by atoms with Crippen LogP contribution in [0.15, 0.2) is 18.9 Å². The molecule has 0 aliphatic carbocycles. The van der Waals surface area contributed by atoms with E-state index in [-0.39, 0.29) is 0 Å². The summed E-state index contributed by atoms with van der Waals surface area (Å²) in [4.78, 5) is 27.2. The van der Waals surface area contributed by atoms with Gasteiger partial charge in [-0.3, -0.25) is 0 Å². The van der Waals surface area contributed by atoms with Crippen molar-refractivity contribution in [3.05, 3.63) is 35.9 Å². The van der Waals surface area contributed by atoms with Gasteiger partial charge in [0, 0.05) is 24.7 Å². The summed E-state index contributed by atoms with van der Waals surface area (Å²) in [7, 11) is 0. The highest BCUT2D eigenvalue weighted by molar-refractivity contribution is 5.82. The van der Waals surface area contributed by atoms with Crippen LogP contribution in [-0.4, -0.2) is 29.9 Å². The molecular formula is C15H17N7. The summed E-state index contributed by atoms with van der Waals surface area (Å²) < 4.78 is 0. The lowest BCUT2D eigenvalue weighted by Crippen LogP contribution is -2.16. The van der Waals surface area contributed by atoms with Crippen molar-refractivity contribution in [2.75, 3.05) is 4.90 Å². The van der Waals surface area contributed by atoms with Gasteiger partial charge in [-0.15, -0.1) is 0 Å². The Labute approximate surface area is 127 Å². The molecular weight excluding hydrogens is 278 g/mol. The summed E-state index contributed by atoms with van der Waals surface area (Å²) in [5.74, 6) is 2.35. The molecule has 1 aliphatic heterocycles. The number of H-pyrrole nitrogens is 1. The smallest absolute Gasteiger partial charge is 0.182 e. The second kappa shape index (κ2) is 5.01. The third-order valence-electron chi connectivity index (χ3n) is 3.80. The standard InChI is InChI=1S/C15H17N7/c1-9(2)3-12-16-4-10-5-22(6-11(10)21-12)15-13-14(18-7-17-13)19-8-20-15/h4,7-9H,3,5-6H2,1-2H3,(H,17,18,19,20). The van der Waals surface area contributed by atoms with Gasteiger partial charge < -0.3 is 9.88 Å². The molecule has 1 N–H and O–H groups in total. The van der Waals surface area contributed by atoms with Crippen molar-refractivity contribution in [2.24, 2.45) is 5.92 Å². The fourth-order valence-electron chi connectivity index (χ4n) is 2.80. The maximum atomic E-state index is 4.71. The lowest BCUT2D eigenvalue weighted by atomic mass is 10.1. The van der Waals surface area contributed by atoms with Gasteiger partial charge in [-0.25, -0.2) is 24.9 Å². The molecule has 22 heavy (non-hydrogen) atoms. The molecule has 1 aliphatic rings. The van der Waals surface area contributed by atoms with Gasteiger partial charge in [0.05, 0.1) is 18.6 Å². The van der Waals surface area contributed by atoms with E-state index in [1.807, 2.05) is 6.20 Å². The van der Waals surface area contributed by atoms with Gasteiger partial charge in [-0.05, 0) is 5.92 Å². The minimum absolute atomic E-state index is 0.557. The van der Waals surface area contributed by atoms with Gasteiger partial charge in [0.2, 0.25) is 0 Å². The molecule has 7 heteroatoms. The third-order valence-corrected chi connectivity index (χ3v) is 3.80. The normalized spacial score (nSPS) is 14.0. The van der Waals surface area contributed by atoms with E-state index in [4.69, 9.17) is 4.98 Å². The summed E-state index contributed by atoms with van der Waals surface area (Å²) >= 11 is 0. The molecule has 112 valence electrons. The van der Waals surface area contributed by atoms with Crippen molar-refractivity contribution in [1.29, 1.82) is 0 Å². The molecule has 0 unspecified atom stereocenters. The predicted octanol–water partition coefficient (Wildman–Crippen LogP) is 1.86. The first kappa shape index (κ1) is 13.1. The molecule has 0 saturated heterocycles. The maximum Gasteiger partial charge on any atom is 0.182 e. The van der Waals surface area contributed by atoms with E-state index in [1.54, 1.807) is 12.7 Å².